The van der Waals surface area contributed by atoms with E-state index in [9.17, 15) is 26.7 Å². The summed E-state index contributed by atoms with van der Waals surface area (Å²) in [7, 11) is 1.78. The molecule has 2 amide bonds. The zero-order chi connectivity index (χ0) is 20.2. The predicted molar refractivity (Wildman–Crippen MR) is 92.2 cm³/mol. The number of likely N-dealkylation sites (N-methyl/N-ethyl adjacent to an activating group) is 1. The largest absolute Gasteiger partial charge is 0.431 e. The van der Waals surface area contributed by atoms with E-state index in [2.05, 4.69) is 10.3 Å². The third-order valence-electron chi connectivity index (χ3n) is 5.71. The van der Waals surface area contributed by atoms with Crippen LogP contribution in [0.25, 0.3) is 10.9 Å². The fraction of sp³-hybridized carbons (Fsp3) is 0.500. The Balaban J connectivity index is 1.69. The number of nitrogens with zero attached hydrogens (tertiary/aromatic N) is 1. The number of alkyl halides is 5. The number of amides is 2. The van der Waals surface area contributed by atoms with Gasteiger partial charge in [-0.25, -0.2) is 4.79 Å². The molecule has 3 N–H and O–H groups in total. The number of aromatic nitrogens is 1. The normalized spacial score (nSPS) is 25.0. The van der Waals surface area contributed by atoms with Crippen LogP contribution in [-0.4, -0.2) is 48.1 Å². The van der Waals surface area contributed by atoms with Gasteiger partial charge in [-0.1, -0.05) is 12.1 Å². The minimum absolute atomic E-state index is 0.108. The quantitative estimate of drug-likeness (QED) is 0.533. The Bertz CT molecular complexity index is 909. The number of halogens is 5. The highest BCUT2D eigenvalue weighted by Crippen LogP contribution is 2.46. The number of benzene rings is 1. The molecule has 0 spiro atoms. The Morgan fingerprint density at radius 2 is 2.07 bits per heavy atom. The summed E-state index contributed by atoms with van der Waals surface area (Å²) < 4.78 is 65.1. The van der Waals surface area contributed by atoms with Crippen molar-refractivity contribution in [2.45, 2.75) is 43.6 Å². The van der Waals surface area contributed by atoms with Crippen molar-refractivity contribution in [3.05, 3.63) is 35.0 Å². The van der Waals surface area contributed by atoms with Crippen molar-refractivity contribution in [2.75, 3.05) is 13.6 Å². The van der Waals surface area contributed by atoms with E-state index in [0.29, 0.717) is 23.9 Å². The molecule has 4 rings (SSSR count). The summed E-state index contributed by atoms with van der Waals surface area (Å²) in [5.74, 6) is -0.108. The second kappa shape index (κ2) is 6.61. The molecule has 3 atom stereocenters. The number of nitrogens with one attached hydrogen (secondary N) is 3. The van der Waals surface area contributed by atoms with Crippen LogP contribution in [0.5, 0.6) is 0 Å². The molecule has 0 bridgehead atoms. The van der Waals surface area contributed by atoms with Gasteiger partial charge in [0.05, 0.1) is 0 Å². The second-order valence-electron chi connectivity index (χ2n) is 7.41. The van der Waals surface area contributed by atoms with Gasteiger partial charge in [0.25, 0.3) is 0 Å². The summed E-state index contributed by atoms with van der Waals surface area (Å²) >= 11 is 0. The van der Waals surface area contributed by atoms with Crippen molar-refractivity contribution in [1.29, 1.82) is 0 Å². The van der Waals surface area contributed by atoms with Gasteiger partial charge in [0.15, 0.2) is 0 Å². The molecule has 2 aromatic rings. The van der Waals surface area contributed by atoms with E-state index in [1.807, 2.05) is 11.0 Å². The topological polar surface area (TPSA) is 60.2 Å². The van der Waals surface area contributed by atoms with Gasteiger partial charge in [-0.05, 0) is 37.1 Å². The maximum absolute atomic E-state index is 13.5. The zero-order valence-corrected chi connectivity index (χ0v) is 14.9. The summed E-state index contributed by atoms with van der Waals surface area (Å²) in [6, 6.07) is 3.64. The van der Waals surface area contributed by atoms with Crippen LogP contribution in [0.1, 0.15) is 29.2 Å². The molecule has 0 saturated carbocycles. The smallest absolute Gasteiger partial charge is 0.351 e. The number of aromatic amines is 1. The molecule has 2 aliphatic rings. The van der Waals surface area contributed by atoms with Crippen LogP contribution in [0, 0.1) is 0 Å². The number of carbonyl (C=O) groups is 1. The van der Waals surface area contributed by atoms with Crippen molar-refractivity contribution in [1.82, 2.24) is 20.5 Å². The molecule has 3 unspecified atom stereocenters. The van der Waals surface area contributed by atoms with Crippen molar-refractivity contribution in [3.63, 3.8) is 0 Å². The average Bonchev–Trinajstić information content (AvgIpc) is 2.95. The Hall–Kier alpha value is -2.36. The molecular weight excluding hydrogens is 383 g/mol. The lowest BCUT2D eigenvalue weighted by molar-refractivity contribution is -0.141. The fourth-order valence-electron chi connectivity index (χ4n) is 4.70. The molecule has 1 saturated heterocycles. The van der Waals surface area contributed by atoms with Gasteiger partial charge in [0.1, 0.15) is 5.69 Å². The number of urea groups is 1. The monoisotopic (exact) mass is 402 g/mol. The molecule has 2 heterocycles. The van der Waals surface area contributed by atoms with Crippen LogP contribution >= 0.6 is 0 Å². The Morgan fingerprint density at radius 1 is 1.32 bits per heavy atom. The van der Waals surface area contributed by atoms with E-state index < -0.39 is 24.5 Å². The molecule has 1 aromatic carbocycles. The third-order valence-corrected chi connectivity index (χ3v) is 5.71. The zero-order valence-electron chi connectivity index (χ0n) is 14.9. The lowest BCUT2D eigenvalue weighted by atomic mass is 9.73. The van der Waals surface area contributed by atoms with Gasteiger partial charge in [0, 0.05) is 35.4 Å². The molecule has 28 heavy (non-hydrogen) atoms. The first-order valence-electron chi connectivity index (χ1n) is 8.91. The Morgan fingerprint density at radius 3 is 2.75 bits per heavy atom. The fourth-order valence-corrected chi connectivity index (χ4v) is 4.70. The number of hydrogen-bond acceptors (Lipinski definition) is 2. The third kappa shape index (κ3) is 3.19. The van der Waals surface area contributed by atoms with Crippen LogP contribution in [0.4, 0.5) is 26.7 Å². The minimum Gasteiger partial charge on any atom is -0.351 e. The van der Waals surface area contributed by atoms with Crippen LogP contribution in [0.2, 0.25) is 0 Å². The van der Waals surface area contributed by atoms with E-state index >= 15 is 0 Å². The summed E-state index contributed by atoms with van der Waals surface area (Å²) in [4.78, 5) is 16.1. The van der Waals surface area contributed by atoms with E-state index in [1.54, 1.807) is 19.2 Å². The van der Waals surface area contributed by atoms with E-state index in [0.717, 1.165) is 5.56 Å². The number of rotatable bonds is 2. The van der Waals surface area contributed by atoms with Gasteiger partial charge >= 0.3 is 18.8 Å². The maximum atomic E-state index is 13.5. The maximum Gasteiger partial charge on any atom is 0.431 e. The second-order valence-corrected chi connectivity index (χ2v) is 7.41. The van der Waals surface area contributed by atoms with Crippen LogP contribution in [0.15, 0.2) is 18.2 Å². The van der Waals surface area contributed by atoms with Crippen LogP contribution in [0.3, 0.4) is 0 Å². The Kier molecular flexibility index (Phi) is 4.48. The van der Waals surface area contributed by atoms with Gasteiger partial charge in [-0.3, -0.25) is 5.32 Å². The summed E-state index contributed by atoms with van der Waals surface area (Å²) in [6.45, 7) is -2.59. The molecule has 10 heteroatoms. The molecule has 0 radical (unpaired) electrons. The number of carbonyl (C=O) groups excluding carboxylic acids is 1. The summed E-state index contributed by atoms with van der Waals surface area (Å²) in [5, 5.41) is 4.63. The average molecular weight is 402 g/mol. The van der Waals surface area contributed by atoms with E-state index in [4.69, 9.17) is 0 Å². The van der Waals surface area contributed by atoms with Gasteiger partial charge in [-0.15, -0.1) is 0 Å². The standard InChI is InChI=1S/C18H19F5N4O/c1-27-7-8(24-17(28)26-16(19)20)5-10-9-3-2-4-12-14(9)11(6-13(10)27)15(25-12)18(21,22)23/h2-4,8,10,13,16,25H,5-7H2,1H3,(H2,24,26,28). The number of H-pyrrole nitrogens is 1. The number of fused-ring (bicyclic) bond motifs is 2. The molecule has 1 fully saturated rings. The highest BCUT2D eigenvalue weighted by Gasteiger charge is 2.44. The molecular formula is C18H19F5N4O. The van der Waals surface area contributed by atoms with Crippen LogP contribution < -0.4 is 10.6 Å². The lowest BCUT2D eigenvalue weighted by Crippen LogP contribution is -2.56. The summed E-state index contributed by atoms with van der Waals surface area (Å²) in [5.41, 5.74) is 0.793. The lowest BCUT2D eigenvalue weighted by Gasteiger charge is -2.45. The van der Waals surface area contributed by atoms with E-state index in [-0.39, 0.29) is 30.0 Å². The first-order chi connectivity index (χ1) is 13.1. The van der Waals surface area contributed by atoms with Crippen LogP contribution in [-0.2, 0) is 12.6 Å². The highest BCUT2D eigenvalue weighted by atomic mass is 19.4. The molecule has 1 aromatic heterocycles. The molecule has 1 aliphatic carbocycles. The van der Waals surface area contributed by atoms with Gasteiger partial charge in [0.2, 0.25) is 0 Å². The first-order valence-corrected chi connectivity index (χ1v) is 8.91. The summed E-state index contributed by atoms with van der Waals surface area (Å²) in [6.07, 6.45) is -3.76. The van der Waals surface area contributed by atoms with Gasteiger partial charge in [-0.2, -0.15) is 22.0 Å². The minimum atomic E-state index is -4.47. The van der Waals surface area contributed by atoms with Gasteiger partial charge < -0.3 is 15.2 Å². The number of hydrogen-bond donors (Lipinski definition) is 3. The van der Waals surface area contributed by atoms with Crippen molar-refractivity contribution >= 4 is 16.9 Å². The molecule has 5 nitrogen and oxygen atoms in total. The number of piperidine rings is 1. The van der Waals surface area contributed by atoms with E-state index in [1.165, 1.54) is 5.32 Å². The van der Waals surface area contributed by atoms with Crippen molar-refractivity contribution in [2.24, 2.45) is 0 Å². The highest BCUT2D eigenvalue weighted by molar-refractivity contribution is 5.90. The molecule has 1 aliphatic heterocycles. The first kappa shape index (κ1) is 19.0. The Labute approximate surface area is 157 Å². The van der Waals surface area contributed by atoms with Crippen molar-refractivity contribution in [3.8, 4) is 0 Å². The van der Waals surface area contributed by atoms with Crippen molar-refractivity contribution < 1.29 is 26.7 Å². The SMILES string of the molecule is CN1CC(NC(=O)NC(F)F)CC2c3cccc4[nH]c(C(F)(F)F)c(c34)CC21. The molecule has 152 valence electrons. The number of likely N-dealkylation sites (tertiary alicyclic amines) is 1. The predicted octanol–water partition coefficient (Wildman–Crippen LogP) is 3.42.